The Balaban J connectivity index is 1.85. The molecule has 3 amide bonds. The molecule has 1 saturated heterocycles. The second-order valence-electron chi connectivity index (χ2n) is 11.3. The molecule has 3 rings (SSSR count). The summed E-state index contributed by atoms with van der Waals surface area (Å²) in [4.78, 5) is 70.6. The lowest BCUT2D eigenvalue weighted by atomic mass is 9.70. The number of hydrogen-bond acceptors (Lipinski definition) is 10. The van der Waals surface area contributed by atoms with Crippen molar-refractivity contribution in [3.63, 3.8) is 0 Å². The molecule has 0 bridgehead atoms. The lowest BCUT2D eigenvalue weighted by molar-refractivity contribution is -0.170. The van der Waals surface area contributed by atoms with Gasteiger partial charge in [0.15, 0.2) is 5.60 Å². The monoisotopic (exact) mass is 610 g/mol. The van der Waals surface area contributed by atoms with E-state index in [2.05, 4.69) is 15.6 Å². The normalized spacial score (nSPS) is 18.5. The number of likely N-dealkylation sites (N-methyl/N-ethyl adjacent to an activating group) is 1. The molecule has 1 aliphatic heterocycles. The molecule has 3 N–H and O–H groups in total. The van der Waals surface area contributed by atoms with Gasteiger partial charge >= 0.3 is 13.1 Å². The Morgan fingerprint density at radius 3 is 2.34 bits per heavy atom. The summed E-state index contributed by atoms with van der Waals surface area (Å²) in [6.07, 6.45) is -2.22. The van der Waals surface area contributed by atoms with Crippen molar-refractivity contribution < 1.29 is 43.1 Å². The fourth-order valence-corrected chi connectivity index (χ4v) is 4.85. The number of carbonyl (C=O) groups excluding carboxylic acids is 5. The first-order chi connectivity index (χ1) is 20.8. The summed E-state index contributed by atoms with van der Waals surface area (Å²) in [5.41, 5.74) is -0.555. The number of rotatable bonds is 12. The molecule has 1 aromatic carbocycles. The first kappa shape index (κ1) is 34.2. The summed E-state index contributed by atoms with van der Waals surface area (Å²) in [7, 11) is 2.58. The molecule has 0 spiro atoms. The molecule has 1 aliphatic rings. The summed E-state index contributed by atoms with van der Waals surface area (Å²) >= 11 is 0. The maximum atomic E-state index is 13.5. The van der Waals surface area contributed by atoms with Gasteiger partial charge in [-0.1, -0.05) is 50.2 Å². The van der Waals surface area contributed by atoms with Gasteiger partial charge in [-0.3, -0.25) is 24.0 Å². The number of carbonyl (C=O) groups is 5. The fourth-order valence-electron chi connectivity index (χ4n) is 4.85. The maximum absolute atomic E-state index is 13.5. The van der Waals surface area contributed by atoms with Crippen LogP contribution >= 0.6 is 0 Å². The van der Waals surface area contributed by atoms with Gasteiger partial charge in [0.05, 0.1) is 37.7 Å². The molecule has 0 radical (unpaired) electrons. The van der Waals surface area contributed by atoms with Crippen LogP contribution in [0.3, 0.4) is 0 Å². The smallest absolute Gasteiger partial charge is 0.508 e. The molecular formula is C30H39BN4O9. The third-order valence-corrected chi connectivity index (χ3v) is 6.96. The molecule has 0 unspecified atom stereocenters. The highest BCUT2D eigenvalue weighted by molar-refractivity contribution is 6.50. The Kier molecular flexibility index (Phi) is 11.6. The standard InChI is InChI=1S/C30H39BN4O9/c1-18(2)15-23(31-43-25(38)17-30(44-31,16-24(37)42-6)29(41)35(4)5)33-28(40)26(19(3)36)34-27(39)22-14-10-13-21(32-22)20-11-8-7-9-12-20/h7-14,18-19,23,26,36H,15-17H2,1-6H3,(H,33,40)(H,34,39)/t19-,23+,26+,30-/m1/s1. The van der Waals surface area contributed by atoms with Crippen LogP contribution in [0.2, 0.25) is 0 Å². The van der Waals surface area contributed by atoms with Gasteiger partial charge < -0.3 is 34.7 Å². The zero-order valence-electron chi connectivity index (χ0n) is 25.7. The number of nitrogens with one attached hydrogen (secondary N) is 2. The molecule has 13 nitrogen and oxygen atoms in total. The molecule has 0 saturated carbocycles. The molecule has 14 heteroatoms. The summed E-state index contributed by atoms with van der Waals surface area (Å²) < 4.78 is 16.2. The summed E-state index contributed by atoms with van der Waals surface area (Å²) in [5, 5.41) is 15.7. The van der Waals surface area contributed by atoms with Crippen molar-refractivity contribution in [2.45, 2.75) is 63.7 Å². The Hall–Kier alpha value is -4.30. The van der Waals surface area contributed by atoms with E-state index in [0.717, 1.165) is 12.7 Å². The van der Waals surface area contributed by atoms with Crippen LogP contribution in [0.4, 0.5) is 0 Å². The molecule has 2 heterocycles. The van der Waals surface area contributed by atoms with Gasteiger partial charge in [-0.15, -0.1) is 0 Å². The zero-order valence-corrected chi connectivity index (χ0v) is 25.7. The van der Waals surface area contributed by atoms with E-state index >= 15 is 0 Å². The van der Waals surface area contributed by atoms with E-state index in [9.17, 15) is 29.1 Å². The average Bonchev–Trinajstić information content (AvgIpc) is 2.98. The fraction of sp³-hybridized carbons (Fsp3) is 0.467. The zero-order chi connectivity index (χ0) is 32.6. The van der Waals surface area contributed by atoms with Crippen molar-refractivity contribution in [3.05, 3.63) is 54.2 Å². The van der Waals surface area contributed by atoms with Gasteiger partial charge in [-0.05, 0) is 31.4 Å². The summed E-state index contributed by atoms with van der Waals surface area (Å²) in [5.74, 6) is -4.81. The van der Waals surface area contributed by atoms with Gasteiger partial charge in [0.1, 0.15) is 11.7 Å². The maximum Gasteiger partial charge on any atom is 0.552 e. The lowest BCUT2D eigenvalue weighted by Gasteiger charge is -2.41. The lowest BCUT2D eigenvalue weighted by Crippen LogP contribution is -2.64. The number of aliphatic hydroxyl groups excluding tert-OH is 1. The molecule has 0 aliphatic carbocycles. The van der Waals surface area contributed by atoms with Crippen molar-refractivity contribution in [1.82, 2.24) is 20.5 Å². The van der Waals surface area contributed by atoms with Gasteiger partial charge in [0, 0.05) is 19.7 Å². The minimum atomic E-state index is -1.93. The highest BCUT2D eigenvalue weighted by Crippen LogP contribution is 2.31. The van der Waals surface area contributed by atoms with Gasteiger partial charge in [0.25, 0.3) is 17.8 Å². The van der Waals surface area contributed by atoms with Gasteiger partial charge in [0.2, 0.25) is 5.91 Å². The second kappa shape index (κ2) is 14.9. The molecule has 44 heavy (non-hydrogen) atoms. The van der Waals surface area contributed by atoms with E-state index in [1.54, 1.807) is 12.1 Å². The Morgan fingerprint density at radius 2 is 1.75 bits per heavy atom. The van der Waals surface area contributed by atoms with Gasteiger partial charge in [-0.25, -0.2) is 4.98 Å². The number of ether oxygens (including phenoxy) is 1. The molecular weight excluding hydrogens is 571 g/mol. The largest absolute Gasteiger partial charge is 0.552 e. The Morgan fingerprint density at radius 1 is 1.07 bits per heavy atom. The van der Waals surface area contributed by atoms with Crippen molar-refractivity contribution in [1.29, 1.82) is 0 Å². The number of amides is 3. The minimum absolute atomic E-state index is 0.0304. The number of methoxy groups -OCH3 is 1. The van der Waals surface area contributed by atoms with E-state index in [4.69, 9.17) is 14.0 Å². The van der Waals surface area contributed by atoms with Crippen molar-refractivity contribution in [2.24, 2.45) is 5.92 Å². The van der Waals surface area contributed by atoms with Crippen LogP contribution in [0, 0.1) is 5.92 Å². The first-order valence-electron chi connectivity index (χ1n) is 14.2. The van der Waals surface area contributed by atoms with Crippen LogP contribution in [0.25, 0.3) is 11.3 Å². The van der Waals surface area contributed by atoms with Crippen molar-refractivity contribution in [2.75, 3.05) is 21.2 Å². The van der Waals surface area contributed by atoms with Crippen LogP contribution in [0.5, 0.6) is 0 Å². The predicted octanol–water partition coefficient (Wildman–Crippen LogP) is 1.14. The van der Waals surface area contributed by atoms with E-state index in [0.29, 0.717) is 5.69 Å². The highest BCUT2D eigenvalue weighted by Gasteiger charge is 2.55. The first-order valence-corrected chi connectivity index (χ1v) is 14.2. The second-order valence-corrected chi connectivity index (χ2v) is 11.3. The third kappa shape index (κ3) is 8.63. The quantitative estimate of drug-likeness (QED) is 0.234. The molecule has 1 aromatic heterocycles. The number of benzene rings is 1. The van der Waals surface area contributed by atoms with E-state index in [1.165, 1.54) is 32.0 Å². The number of pyridine rings is 1. The summed E-state index contributed by atoms with van der Waals surface area (Å²) in [6.45, 7) is 5.05. The van der Waals surface area contributed by atoms with Crippen LogP contribution < -0.4 is 10.6 Å². The number of aromatic nitrogens is 1. The Labute approximate surface area is 256 Å². The SMILES string of the molecule is COC(=O)C[C@]1(C(=O)N(C)C)CC(=O)OB([C@H](CC(C)C)NC(=O)[C@@H](NC(=O)c2cccc(-c3ccccc3)n2)[C@@H](C)O)O1. The predicted molar refractivity (Wildman–Crippen MR) is 160 cm³/mol. The number of nitrogens with zero attached hydrogens (tertiary/aromatic N) is 2. The third-order valence-electron chi connectivity index (χ3n) is 6.96. The molecule has 4 atom stereocenters. The van der Waals surface area contributed by atoms with Crippen LogP contribution in [0.1, 0.15) is 50.5 Å². The van der Waals surface area contributed by atoms with Crippen molar-refractivity contribution >= 4 is 36.8 Å². The molecule has 2 aromatic rings. The van der Waals surface area contributed by atoms with Crippen molar-refractivity contribution in [3.8, 4) is 11.3 Å². The van der Waals surface area contributed by atoms with E-state index in [1.807, 2.05) is 44.2 Å². The van der Waals surface area contributed by atoms with Crippen LogP contribution in [-0.4, -0.2) is 96.7 Å². The molecule has 1 fully saturated rings. The van der Waals surface area contributed by atoms with Crippen LogP contribution in [-0.2, 0) is 33.2 Å². The van der Waals surface area contributed by atoms with E-state index < -0.39 is 73.3 Å². The topological polar surface area (TPSA) is 173 Å². The van der Waals surface area contributed by atoms with Crippen LogP contribution in [0.15, 0.2) is 48.5 Å². The number of aliphatic hydroxyl groups is 1. The number of esters is 1. The minimum Gasteiger partial charge on any atom is -0.508 e. The Bertz CT molecular complexity index is 1360. The summed E-state index contributed by atoms with van der Waals surface area (Å²) in [6, 6.07) is 12.7. The highest BCUT2D eigenvalue weighted by atomic mass is 16.6. The number of hydrogen-bond donors (Lipinski definition) is 3. The molecule has 236 valence electrons. The average molecular weight is 610 g/mol. The van der Waals surface area contributed by atoms with Gasteiger partial charge in [-0.2, -0.15) is 0 Å². The van der Waals surface area contributed by atoms with E-state index in [-0.39, 0.29) is 18.0 Å².